The van der Waals surface area contributed by atoms with Crippen LogP contribution in [0.15, 0.2) is 53.1 Å². The Labute approximate surface area is 151 Å². The summed E-state index contributed by atoms with van der Waals surface area (Å²) in [5.74, 6) is -1.02. The molecule has 0 unspecified atom stereocenters. The van der Waals surface area contributed by atoms with E-state index < -0.39 is 5.95 Å². The first kappa shape index (κ1) is 15.9. The van der Waals surface area contributed by atoms with Crippen LogP contribution in [0.3, 0.4) is 0 Å². The minimum atomic E-state index is -0.633. The fourth-order valence-electron chi connectivity index (χ4n) is 2.69. The molecular formula is C18H9Cl2FN2O2. The van der Waals surface area contributed by atoms with E-state index in [0.717, 1.165) is 0 Å². The molecule has 0 aliphatic heterocycles. The van der Waals surface area contributed by atoms with Crippen molar-refractivity contribution in [2.75, 3.05) is 5.32 Å². The number of rotatable bonds is 3. The third-order valence-electron chi connectivity index (χ3n) is 3.77. The predicted molar refractivity (Wildman–Crippen MR) is 95.0 cm³/mol. The maximum atomic E-state index is 13.5. The Morgan fingerprint density at radius 1 is 1.04 bits per heavy atom. The van der Waals surface area contributed by atoms with E-state index in [4.69, 9.17) is 27.6 Å². The van der Waals surface area contributed by atoms with Gasteiger partial charge in [0, 0.05) is 23.5 Å². The smallest absolute Gasteiger partial charge is 0.260 e. The van der Waals surface area contributed by atoms with Gasteiger partial charge in [0.1, 0.15) is 11.2 Å². The number of anilines is 1. The standard InChI is InChI=1S/C18H9Cl2FN2O2/c19-11-2-1-10(8-12(11)20)23-18(24)17-14-4-3-13(25-14)16(17)9-5-6-22-15(21)7-9/h1-8H,(H,23,24). The Morgan fingerprint density at radius 2 is 1.84 bits per heavy atom. The highest BCUT2D eigenvalue weighted by Gasteiger charge is 2.24. The fraction of sp³-hybridized carbons (Fsp3) is 0. The van der Waals surface area contributed by atoms with Crippen LogP contribution in [0.25, 0.3) is 22.3 Å². The molecule has 1 aromatic carbocycles. The second-order valence-corrected chi connectivity index (χ2v) is 6.18. The summed E-state index contributed by atoms with van der Waals surface area (Å²) in [7, 11) is 0. The van der Waals surface area contributed by atoms with Crippen LogP contribution in [0, 0.1) is 5.95 Å². The maximum absolute atomic E-state index is 13.5. The Kier molecular flexibility index (Phi) is 3.82. The summed E-state index contributed by atoms with van der Waals surface area (Å²) in [6, 6.07) is 11.1. The van der Waals surface area contributed by atoms with Crippen molar-refractivity contribution in [3.8, 4) is 11.1 Å². The van der Waals surface area contributed by atoms with Crippen LogP contribution in [0.4, 0.5) is 10.1 Å². The molecule has 7 heteroatoms. The lowest BCUT2D eigenvalue weighted by Gasteiger charge is -2.08. The fourth-order valence-corrected chi connectivity index (χ4v) is 2.99. The summed E-state index contributed by atoms with van der Waals surface area (Å²) in [5, 5.41) is 3.48. The van der Waals surface area contributed by atoms with Crippen LogP contribution in [0.5, 0.6) is 0 Å². The summed E-state index contributed by atoms with van der Waals surface area (Å²) < 4.78 is 19.1. The summed E-state index contributed by atoms with van der Waals surface area (Å²) in [6.07, 6.45) is 1.34. The molecular weight excluding hydrogens is 366 g/mol. The van der Waals surface area contributed by atoms with Gasteiger partial charge in [0.15, 0.2) is 0 Å². The van der Waals surface area contributed by atoms with Gasteiger partial charge in [-0.2, -0.15) is 4.39 Å². The van der Waals surface area contributed by atoms with Crippen molar-refractivity contribution in [1.29, 1.82) is 0 Å². The minimum absolute atomic E-state index is 0.328. The third kappa shape index (κ3) is 2.81. The number of hydrogen-bond acceptors (Lipinski definition) is 3. The van der Waals surface area contributed by atoms with Gasteiger partial charge in [-0.3, -0.25) is 4.79 Å². The number of nitrogens with zero attached hydrogens (tertiary/aromatic N) is 1. The molecule has 3 heterocycles. The Balaban J connectivity index is 1.75. The maximum Gasteiger partial charge on any atom is 0.260 e. The molecule has 0 saturated carbocycles. The number of carbonyl (C=O) groups excluding carboxylic acids is 1. The highest BCUT2D eigenvalue weighted by Crippen LogP contribution is 2.37. The predicted octanol–water partition coefficient (Wildman–Crippen LogP) is 5.63. The normalized spacial score (nSPS) is 11.2. The van der Waals surface area contributed by atoms with Gasteiger partial charge < -0.3 is 9.73 Å². The van der Waals surface area contributed by atoms with Crippen molar-refractivity contribution < 1.29 is 13.6 Å². The molecule has 2 bridgehead atoms. The molecule has 4 nitrogen and oxygen atoms in total. The lowest BCUT2D eigenvalue weighted by atomic mass is 10.00. The highest BCUT2D eigenvalue weighted by molar-refractivity contribution is 6.42. The molecule has 0 spiro atoms. The summed E-state index contributed by atoms with van der Waals surface area (Å²) in [4.78, 5) is 16.3. The van der Waals surface area contributed by atoms with Crippen LogP contribution >= 0.6 is 23.2 Å². The zero-order chi connectivity index (χ0) is 17.6. The van der Waals surface area contributed by atoms with E-state index >= 15 is 0 Å². The Bertz CT molecular complexity index is 1090. The van der Waals surface area contributed by atoms with Crippen LogP contribution in [0.1, 0.15) is 10.4 Å². The average Bonchev–Trinajstić information content (AvgIpc) is 3.19. The van der Waals surface area contributed by atoms with Crippen molar-refractivity contribution in [2.45, 2.75) is 0 Å². The number of hydrogen-bond donors (Lipinski definition) is 1. The van der Waals surface area contributed by atoms with Gasteiger partial charge in [-0.05, 0) is 42.0 Å². The van der Waals surface area contributed by atoms with Crippen LogP contribution in [-0.4, -0.2) is 10.9 Å². The molecule has 0 radical (unpaired) electrons. The highest BCUT2D eigenvalue weighted by atomic mass is 35.5. The molecule has 4 rings (SSSR count). The van der Waals surface area contributed by atoms with Gasteiger partial charge in [-0.1, -0.05) is 23.2 Å². The Morgan fingerprint density at radius 3 is 2.60 bits per heavy atom. The van der Waals surface area contributed by atoms with Gasteiger partial charge in [0.05, 0.1) is 15.6 Å². The second kappa shape index (κ2) is 6.02. The average molecular weight is 375 g/mol. The molecule has 3 aromatic heterocycles. The zero-order valence-corrected chi connectivity index (χ0v) is 14.0. The number of furan rings is 2. The minimum Gasteiger partial charge on any atom is -0.456 e. The Hall–Kier alpha value is -2.63. The number of aromatic nitrogens is 1. The molecule has 124 valence electrons. The van der Waals surface area contributed by atoms with E-state index in [-0.39, 0.29) is 5.91 Å². The van der Waals surface area contributed by atoms with Crippen LogP contribution in [0.2, 0.25) is 10.0 Å². The van der Waals surface area contributed by atoms with Gasteiger partial charge in [-0.15, -0.1) is 0 Å². The van der Waals surface area contributed by atoms with E-state index in [1.54, 1.807) is 36.4 Å². The number of pyridine rings is 1. The largest absolute Gasteiger partial charge is 0.456 e. The summed E-state index contributed by atoms with van der Waals surface area (Å²) >= 11 is 11.9. The molecule has 0 fully saturated rings. The van der Waals surface area contributed by atoms with E-state index in [9.17, 15) is 9.18 Å². The van der Waals surface area contributed by atoms with Gasteiger partial charge in [0.2, 0.25) is 5.95 Å². The molecule has 4 aromatic rings. The van der Waals surface area contributed by atoms with E-state index in [0.29, 0.717) is 43.6 Å². The molecule has 0 atom stereocenters. The quantitative estimate of drug-likeness (QED) is 0.472. The number of carbonyl (C=O) groups is 1. The van der Waals surface area contributed by atoms with Gasteiger partial charge >= 0.3 is 0 Å². The number of nitrogens with one attached hydrogen (secondary N) is 1. The molecule has 0 saturated heterocycles. The van der Waals surface area contributed by atoms with Crippen molar-refractivity contribution in [3.63, 3.8) is 0 Å². The number of amides is 1. The van der Waals surface area contributed by atoms with Crippen molar-refractivity contribution >= 4 is 46.0 Å². The topological polar surface area (TPSA) is 55.1 Å². The lowest BCUT2D eigenvalue weighted by Crippen LogP contribution is -2.12. The second-order valence-electron chi connectivity index (χ2n) is 5.36. The van der Waals surface area contributed by atoms with E-state index in [1.807, 2.05) is 0 Å². The molecule has 1 amide bonds. The lowest BCUT2D eigenvalue weighted by molar-refractivity contribution is 0.102. The zero-order valence-electron chi connectivity index (χ0n) is 12.5. The summed E-state index contributed by atoms with van der Waals surface area (Å²) in [5.41, 5.74) is 2.77. The van der Waals surface area contributed by atoms with E-state index in [2.05, 4.69) is 10.3 Å². The monoisotopic (exact) mass is 374 g/mol. The first-order valence-corrected chi connectivity index (χ1v) is 8.02. The molecule has 0 aliphatic rings. The molecule has 0 aliphatic carbocycles. The number of fused-ring (bicyclic) bond motifs is 2. The van der Waals surface area contributed by atoms with Crippen molar-refractivity contribution in [2.24, 2.45) is 0 Å². The van der Waals surface area contributed by atoms with E-state index in [1.165, 1.54) is 12.3 Å². The van der Waals surface area contributed by atoms with Gasteiger partial charge in [0.25, 0.3) is 5.91 Å². The van der Waals surface area contributed by atoms with Crippen molar-refractivity contribution in [1.82, 2.24) is 4.98 Å². The van der Waals surface area contributed by atoms with Gasteiger partial charge in [-0.25, -0.2) is 4.98 Å². The molecule has 1 N–H and O–H groups in total. The van der Waals surface area contributed by atoms with Crippen LogP contribution < -0.4 is 5.32 Å². The SMILES string of the molecule is O=C(Nc1ccc(Cl)c(Cl)c1)c1c(-c2ccnc(F)c2)c2ccc1o2. The van der Waals surface area contributed by atoms with Crippen molar-refractivity contribution in [3.05, 3.63) is 70.2 Å². The first-order chi connectivity index (χ1) is 12.0. The first-order valence-electron chi connectivity index (χ1n) is 7.26. The molecule has 25 heavy (non-hydrogen) atoms. The third-order valence-corrected chi connectivity index (χ3v) is 4.51. The number of halogens is 3. The number of benzene rings is 2. The summed E-state index contributed by atoms with van der Waals surface area (Å²) in [6.45, 7) is 0. The van der Waals surface area contributed by atoms with Crippen LogP contribution in [-0.2, 0) is 0 Å².